The first-order chi connectivity index (χ1) is 9.81. The van der Waals surface area contributed by atoms with Gasteiger partial charge in [0.2, 0.25) is 0 Å². The van der Waals surface area contributed by atoms with Gasteiger partial charge >= 0.3 is 0 Å². The molecule has 0 bridgehead atoms. The third kappa shape index (κ3) is 2.29. The van der Waals surface area contributed by atoms with Gasteiger partial charge in [-0.25, -0.2) is 0 Å². The molecule has 5 nitrogen and oxygen atoms in total. The normalized spacial score (nSPS) is 20.1. The zero-order valence-electron chi connectivity index (χ0n) is 11.4. The minimum atomic E-state index is -0.0829. The van der Waals surface area contributed by atoms with E-state index in [2.05, 4.69) is 10.2 Å². The molecular weight excluding hydrogens is 254 g/mol. The van der Waals surface area contributed by atoms with Gasteiger partial charge in [0.05, 0.1) is 18.2 Å². The largest absolute Gasteiger partial charge is 0.394 e. The molecule has 3 rings (SSSR count). The molecule has 1 amide bonds. The van der Waals surface area contributed by atoms with Crippen molar-refractivity contribution in [3.63, 3.8) is 0 Å². The summed E-state index contributed by atoms with van der Waals surface area (Å²) in [5, 5.41) is 17.4. The molecule has 106 valence electrons. The molecule has 5 heteroatoms. The highest BCUT2D eigenvalue weighted by molar-refractivity contribution is 6.04. The lowest BCUT2D eigenvalue weighted by molar-refractivity contribution is 0.0596. The van der Waals surface area contributed by atoms with E-state index < -0.39 is 0 Å². The Morgan fingerprint density at radius 3 is 3.05 bits per heavy atom. The van der Waals surface area contributed by atoms with Crippen molar-refractivity contribution in [1.82, 2.24) is 15.1 Å². The van der Waals surface area contributed by atoms with Gasteiger partial charge in [0.1, 0.15) is 0 Å². The van der Waals surface area contributed by atoms with Crippen molar-refractivity contribution in [3.8, 4) is 0 Å². The number of H-pyrrole nitrogens is 1. The van der Waals surface area contributed by atoms with Crippen LogP contribution in [0, 0.1) is 0 Å². The van der Waals surface area contributed by atoms with Crippen molar-refractivity contribution >= 4 is 16.8 Å². The van der Waals surface area contributed by atoms with Crippen molar-refractivity contribution in [2.24, 2.45) is 0 Å². The van der Waals surface area contributed by atoms with Crippen LogP contribution in [0.15, 0.2) is 24.3 Å². The Balaban J connectivity index is 1.94. The molecule has 1 atom stereocenters. The maximum Gasteiger partial charge on any atom is 0.275 e. The lowest BCUT2D eigenvalue weighted by Crippen LogP contribution is -2.42. The fourth-order valence-corrected chi connectivity index (χ4v) is 2.90. The SMILES string of the molecule is O=C(c1n[nH]c2ccccc12)N1CCCCCC1CO. The number of hydrogen-bond donors (Lipinski definition) is 2. The number of aliphatic hydroxyl groups is 1. The van der Waals surface area contributed by atoms with Gasteiger partial charge in [0, 0.05) is 11.9 Å². The molecule has 1 unspecified atom stereocenters. The predicted molar refractivity (Wildman–Crippen MR) is 76.5 cm³/mol. The van der Waals surface area contributed by atoms with Gasteiger partial charge in [0.25, 0.3) is 5.91 Å². The van der Waals surface area contributed by atoms with E-state index in [9.17, 15) is 9.90 Å². The van der Waals surface area contributed by atoms with Crippen LogP contribution >= 0.6 is 0 Å². The third-order valence-corrected chi connectivity index (χ3v) is 4.02. The average molecular weight is 273 g/mol. The first-order valence-electron chi connectivity index (χ1n) is 7.16. The topological polar surface area (TPSA) is 69.2 Å². The zero-order valence-corrected chi connectivity index (χ0v) is 11.4. The zero-order chi connectivity index (χ0) is 13.9. The van der Waals surface area contributed by atoms with Gasteiger partial charge < -0.3 is 10.0 Å². The van der Waals surface area contributed by atoms with Crippen molar-refractivity contribution in [2.75, 3.05) is 13.2 Å². The monoisotopic (exact) mass is 273 g/mol. The molecule has 1 aliphatic heterocycles. The first-order valence-corrected chi connectivity index (χ1v) is 7.16. The van der Waals surface area contributed by atoms with Crippen molar-refractivity contribution in [3.05, 3.63) is 30.0 Å². The van der Waals surface area contributed by atoms with E-state index in [1.54, 1.807) is 4.90 Å². The summed E-state index contributed by atoms with van der Waals surface area (Å²) in [6.07, 6.45) is 4.03. The minimum absolute atomic E-state index is 0.0219. The number of aromatic amines is 1. The number of nitrogens with zero attached hydrogens (tertiary/aromatic N) is 2. The standard InChI is InChI=1S/C15H19N3O2/c19-10-11-6-2-1-5-9-18(11)15(20)14-12-7-3-4-8-13(12)16-17-14/h3-4,7-8,11,19H,1-2,5-6,9-10H2,(H,16,17). The molecule has 2 N–H and O–H groups in total. The van der Waals surface area contributed by atoms with Crippen LogP contribution in [0.3, 0.4) is 0 Å². The number of carbonyl (C=O) groups is 1. The Hall–Kier alpha value is -1.88. The number of aliphatic hydroxyl groups excluding tert-OH is 1. The fraction of sp³-hybridized carbons (Fsp3) is 0.467. The third-order valence-electron chi connectivity index (χ3n) is 4.02. The number of fused-ring (bicyclic) bond motifs is 1. The molecule has 1 saturated heterocycles. The molecule has 1 aromatic carbocycles. The molecule has 0 saturated carbocycles. The van der Waals surface area contributed by atoms with E-state index in [0.29, 0.717) is 12.2 Å². The molecule has 1 aromatic heterocycles. The van der Waals surface area contributed by atoms with Crippen LogP contribution in [0.2, 0.25) is 0 Å². The Kier molecular flexibility index (Phi) is 3.69. The fourth-order valence-electron chi connectivity index (χ4n) is 2.90. The van der Waals surface area contributed by atoms with E-state index in [-0.39, 0.29) is 18.6 Å². The van der Waals surface area contributed by atoms with E-state index in [1.165, 1.54) is 0 Å². The number of likely N-dealkylation sites (tertiary alicyclic amines) is 1. The van der Waals surface area contributed by atoms with Gasteiger partial charge in [-0.2, -0.15) is 5.10 Å². The molecule has 1 aliphatic rings. The number of benzene rings is 1. The maximum atomic E-state index is 12.7. The number of rotatable bonds is 2. The number of nitrogens with one attached hydrogen (secondary N) is 1. The lowest BCUT2D eigenvalue weighted by Gasteiger charge is -2.28. The lowest BCUT2D eigenvalue weighted by atomic mass is 10.1. The summed E-state index contributed by atoms with van der Waals surface area (Å²) in [6.45, 7) is 0.722. The molecule has 0 spiro atoms. The average Bonchev–Trinajstić information content (AvgIpc) is 2.76. The van der Waals surface area contributed by atoms with E-state index in [0.717, 1.165) is 36.6 Å². The Morgan fingerprint density at radius 2 is 2.20 bits per heavy atom. The molecule has 20 heavy (non-hydrogen) atoms. The smallest absolute Gasteiger partial charge is 0.275 e. The number of carbonyl (C=O) groups excluding carboxylic acids is 1. The molecule has 2 heterocycles. The summed E-state index contributed by atoms with van der Waals surface area (Å²) in [5.41, 5.74) is 1.33. The Bertz CT molecular complexity index is 608. The number of amides is 1. The highest BCUT2D eigenvalue weighted by Crippen LogP contribution is 2.22. The van der Waals surface area contributed by atoms with Gasteiger partial charge in [-0.1, -0.05) is 31.0 Å². The van der Waals surface area contributed by atoms with Gasteiger partial charge in [-0.05, 0) is 18.9 Å². The van der Waals surface area contributed by atoms with Crippen molar-refractivity contribution < 1.29 is 9.90 Å². The van der Waals surface area contributed by atoms with Crippen LogP contribution < -0.4 is 0 Å². The van der Waals surface area contributed by atoms with Crippen LogP contribution in [0.4, 0.5) is 0 Å². The molecule has 0 aliphatic carbocycles. The minimum Gasteiger partial charge on any atom is -0.394 e. The highest BCUT2D eigenvalue weighted by Gasteiger charge is 2.28. The second-order valence-electron chi connectivity index (χ2n) is 5.30. The second kappa shape index (κ2) is 5.63. The molecule has 2 aromatic rings. The number of hydrogen-bond acceptors (Lipinski definition) is 3. The van der Waals surface area contributed by atoms with Crippen LogP contribution in [-0.2, 0) is 0 Å². The van der Waals surface area contributed by atoms with Crippen LogP contribution in [0.25, 0.3) is 10.9 Å². The predicted octanol–water partition coefficient (Wildman–Crippen LogP) is 1.94. The van der Waals surface area contributed by atoms with Gasteiger partial charge in [-0.3, -0.25) is 9.89 Å². The quantitative estimate of drug-likeness (QED) is 0.878. The van der Waals surface area contributed by atoms with Crippen molar-refractivity contribution in [1.29, 1.82) is 0 Å². The number of aromatic nitrogens is 2. The Morgan fingerprint density at radius 1 is 1.35 bits per heavy atom. The summed E-state index contributed by atoms with van der Waals surface area (Å²) in [6, 6.07) is 7.54. The van der Waals surface area contributed by atoms with Crippen LogP contribution in [0.1, 0.15) is 36.2 Å². The highest BCUT2D eigenvalue weighted by atomic mass is 16.3. The van der Waals surface area contributed by atoms with E-state index in [1.807, 2.05) is 24.3 Å². The summed E-state index contributed by atoms with van der Waals surface area (Å²) in [5.74, 6) is -0.0802. The summed E-state index contributed by atoms with van der Waals surface area (Å²) in [4.78, 5) is 14.5. The Labute approximate surface area is 117 Å². The van der Waals surface area contributed by atoms with Gasteiger partial charge in [0.15, 0.2) is 5.69 Å². The summed E-state index contributed by atoms with van der Waals surface area (Å²) >= 11 is 0. The van der Waals surface area contributed by atoms with E-state index >= 15 is 0 Å². The number of para-hydroxylation sites is 1. The summed E-state index contributed by atoms with van der Waals surface area (Å²) < 4.78 is 0. The second-order valence-corrected chi connectivity index (χ2v) is 5.30. The first kappa shape index (κ1) is 13.1. The van der Waals surface area contributed by atoms with Crippen molar-refractivity contribution in [2.45, 2.75) is 31.7 Å². The molecule has 0 radical (unpaired) electrons. The molecule has 1 fully saturated rings. The maximum absolute atomic E-state index is 12.7. The molecular formula is C15H19N3O2. The van der Waals surface area contributed by atoms with Crippen LogP contribution in [-0.4, -0.2) is 45.3 Å². The summed E-state index contributed by atoms with van der Waals surface area (Å²) in [7, 11) is 0. The van der Waals surface area contributed by atoms with E-state index in [4.69, 9.17) is 0 Å². The van der Waals surface area contributed by atoms with Crippen LogP contribution in [0.5, 0.6) is 0 Å². The van der Waals surface area contributed by atoms with Gasteiger partial charge in [-0.15, -0.1) is 0 Å².